The maximum Gasteiger partial charge on any atom is 0.179 e. The molecule has 1 rings (SSSR count). The van der Waals surface area contributed by atoms with Gasteiger partial charge < -0.3 is 19.9 Å². The third-order valence-electron chi connectivity index (χ3n) is 2.91. The lowest BCUT2D eigenvalue weighted by Crippen LogP contribution is -2.31. The molecule has 0 aliphatic carbocycles. The summed E-state index contributed by atoms with van der Waals surface area (Å²) in [6.45, 7) is 5.45. The van der Waals surface area contributed by atoms with Crippen molar-refractivity contribution >= 4 is 11.6 Å². The maximum atomic E-state index is 9.19. The minimum Gasteiger partial charge on any atom is -0.493 e. The number of nitrogens with one attached hydrogen (secondary N) is 1. The van der Waals surface area contributed by atoms with Crippen LogP contribution < -0.4 is 14.8 Å². The van der Waals surface area contributed by atoms with E-state index >= 15 is 0 Å². The summed E-state index contributed by atoms with van der Waals surface area (Å²) in [6, 6.07) is 3.74. The summed E-state index contributed by atoms with van der Waals surface area (Å²) < 4.78 is 10.4. The van der Waals surface area contributed by atoms with Crippen molar-refractivity contribution < 1.29 is 14.6 Å². The van der Waals surface area contributed by atoms with Crippen molar-refractivity contribution in [3.05, 3.63) is 22.7 Å². The first-order valence-electron chi connectivity index (χ1n) is 6.16. The molecule has 0 atom stereocenters. The zero-order chi connectivity index (χ0) is 14.5. The van der Waals surface area contributed by atoms with Crippen LogP contribution in [0.25, 0.3) is 0 Å². The molecule has 0 aliphatic heterocycles. The van der Waals surface area contributed by atoms with Crippen LogP contribution in [0.2, 0.25) is 5.02 Å². The number of hydrogen-bond acceptors (Lipinski definition) is 4. The van der Waals surface area contributed by atoms with Crippen molar-refractivity contribution in [2.24, 2.45) is 5.41 Å². The highest BCUT2D eigenvalue weighted by molar-refractivity contribution is 6.33. The second-order valence-corrected chi connectivity index (χ2v) is 5.58. The molecule has 0 bridgehead atoms. The predicted octanol–water partition coefficient (Wildman–Crippen LogP) is 2.47. The molecule has 1 aromatic rings. The van der Waals surface area contributed by atoms with Gasteiger partial charge in [0, 0.05) is 25.1 Å². The number of aliphatic hydroxyl groups is 1. The average Bonchev–Trinajstić information content (AvgIpc) is 2.40. The van der Waals surface area contributed by atoms with Crippen molar-refractivity contribution in [2.45, 2.75) is 20.4 Å². The summed E-state index contributed by atoms with van der Waals surface area (Å²) in [5.41, 5.74) is 0.788. The number of rotatable bonds is 7. The Morgan fingerprint density at radius 3 is 2.47 bits per heavy atom. The molecule has 0 saturated carbocycles. The van der Waals surface area contributed by atoms with Crippen LogP contribution in [-0.4, -0.2) is 32.5 Å². The minimum atomic E-state index is -0.150. The van der Waals surface area contributed by atoms with Crippen molar-refractivity contribution in [3.63, 3.8) is 0 Å². The van der Waals surface area contributed by atoms with Crippen LogP contribution in [-0.2, 0) is 6.54 Å². The highest BCUT2D eigenvalue weighted by Crippen LogP contribution is 2.37. The van der Waals surface area contributed by atoms with Crippen LogP contribution in [0, 0.1) is 5.41 Å². The van der Waals surface area contributed by atoms with Crippen LogP contribution in [0.3, 0.4) is 0 Å². The molecule has 2 N–H and O–H groups in total. The molecule has 0 spiro atoms. The molecule has 0 amide bonds. The monoisotopic (exact) mass is 287 g/mol. The summed E-state index contributed by atoms with van der Waals surface area (Å²) >= 11 is 6.28. The molecule has 108 valence electrons. The standard InChI is InChI=1S/C14H22ClNO3/c1-14(2,9-17)8-16-7-10-5-6-11(18-3)13(19-4)12(10)15/h5-6,16-17H,7-9H2,1-4H3. The zero-order valence-electron chi connectivity index (χ0n) is 11.9. The van der Waals surface area contributed by atoms with Gasteiger partial charge in [0.1, 0.15) is 0 Å². The number of ether oxygens (including phenoxy) is 2. The Kier molecular flexibility index (Phi) is 5.91. The molecule has 4 nitrogen and oxygen atoms in total. The van der Waals surface area contributed by atoms with Gasteiger partial charge in [-0.3, -0.25) is 0 Å². The third kappa shape index (κ3) is 4.27. The highest BCUT2D eigenvalue weighted by atomic mass is 35.5. The number of hydrogen-bond donors (Lipinski definition) is 2. The van der Waals surface area contributed by atoms with E-state index < -0.39 is 0 Å². The van der Waals surface area contributed by atoms with E-state index in [4.69, 9.17) is 21.1 Å². The maximum absolute atomic E-state index is 9.19. The number of benzene rings is 1. The van der Waals surface area contributed by atoms with E-state index in [-0.39, 0.29) is 12.0 Å². The molecule has 19 heavy (non-hydrogen) atoms. The lowest BCUT2D eigenvalue weighted by molar-refractivity contribution is 0.156. The zero-order valence-corrected chi connectivity index (χ0v) is 12.7. The Labute approximate surface area is 119 Å². The third-order valence-corrected chi connectivity index (χ3v) is 3.33. The number of aliphatic hydroxyl groups excluding tert-OH is 1. The van der Waals surface area contributed by atoms with E-state index in [1.807, 2.05) is 26.0 Å². The van der Waals surface area contributed by atoms with Gasteiger partial charge in [0.15, 0.2) is 11.5 Å². The molecule has 0 aromatic heterocycles. The van der Waals surface area contributed by atoms with Gasteiger partial charge in [0.25, 0.3) is 0 Å². The molecule has 0 aliphatic rings. The Morgan fingerprint density at radius 2 is 1.95 bits per heavy atom. The van der Waals surface area contributed by atoms with Crippen LogP contribution in [0.1, 0.15) is 19.4 Å². The lowest BCUT2D eigenvalue weighted by atomic mass is 9.95. The predicted molar refractivity (Wildman–Crippen MR) is 77.1 cm³/mol. The average molecular weight is 288 g/mol. The van der Waals surface area contributed by atoms with Gasteiger partial charge in [0.2, 0.25) is 0 Å². The second kappa shape index (κ2) is 6.98. The van der Waals surface area contributed by atoms with Gasteiger partial charge in [-0.15, -0.1) is 0 Å². The Bertz CT molecular complexity index is 421. The highest BCUT2D eigenvalue weighted by Gasteiger charge is 2.17. The summed E-state index contributed by atoms with van der Waals surface area (Å²) in [5, 5.41) is 13.0. The molecule has 0 fully saturated rings. The van der Waals surface area contributed by atoms with Gasteiger partial charge in [-0.1, -0.05) is 31.5 Å². The van der Waals surface area contributed by atoms with Crippen molar-refractivity contribution in [1.82, 2.24) is 5.32 Å². The Hall–Kier alpha value is -0.970. The van der Waals surface area contributed by atoms with Gasteiger partial charge in [0.05, 0.1) is 19.2 Å². The molecule has 0 heterocycles. The topological polar surface area (TPSA) is 50.7 Å². The van der Waals surface area contributed by atoms with Crippen LogP contribution in [0.5, 0.6) is 11.5 Å². The molecule has 0 saturated heterocycles. The molecule has 5 heteroatoms. The van der Waals surface area contributed by atoms with Crippen LogP contribution in [0.4, 0.5) is 0 Å². The minimum absolute atomic E-state index is 0.139. The molecular weight excluding hydrogens is 266 g/mol. The van der Waals surface area contributed by atoms with E-state index in [0.29, 0.717) is 29.6 Å². The fraction of sp³-hybridized carbons (Fsp3) is 0.571. The lowest BCUT2D eigenvalue weighted by Gasteiger charge is -2.22. The van der Waals surface area contributed by atoms with E-state index in [9.17, 15) is 5.11 Å². The largest absolute Gasteiger partial charge is 0.493 e. The Morgan fingerprint density at radius 1 is 1.26 bits per heavy atom. The number of halogens is 1. The summed E-state index contributed by atoms with van der Waals surface area (Å²) in [4.78, 5) is 0. The van der Waals surface area contributed by atoms with E-state index in [0.717, 1.165) is 5.56 Å². The number of methoxy groups -OCH3 is 2. The first kappa shape index (κ1) is 16.1. The van der Waals surface area contributed by atoms with Gasteiger partial charge in [-0.25, -0.2) is 0 Å². The van der Waals surface area contributed by atoms with Gasteiger partial charge >= 0.3 is 0 Å². The first-order valence-corrected chi connectivity index (χ1v) is 6.54. The van der Waals surface area contributed by atoms with E-state index in [2.05, 4.69) is 5.32 Å². The smallest absolute Gasteiger partial charge is 0.179 e. The van der Waals surface area contributed by atoms with Crippen LogP contribution in [0.15, 0.2) is 12.1 Å². The quantitative estimate of drug-likeness (QED) is 0.809. The van der Waals surface area contributed by atoms with Crippen molar-refractivity contribution in [3.8, 4) is 11.5 Å². The summed E-state index contributed by atoms with van der Waals surface area (Å²) in [5.74, 6) is 1.16. The SMILES string of the molecule is COc1ccc(CNCC(C)(C)CO)c(Cl)c1OC. The first-order chi connectivity index (χ1) is 8.95. The molecule has 0 unspecified atom stereocenters. The second-order valence-electron chi connectivity index (χ2n) is 5.20. The summed E-state index contributed by atoms with van der Waals surface area (Å²) in [7, 11) is 3.14. The van der Waals surface area contributed by atoms with Gasteiger partial charge in [-0.2, -0.15) is 0 Å². The van der Waals surface area contributed by atoms with Crippen molar-refractivity contribution in [2.75, 3.05) is 27.4 Å². The molecule has 0 radical (unpaired) electrons. The fourth-order valence-corrected chi connectivity index (χ4v) is 1.96. The van der Waals surface area contributed by atoms with Crippen LogP contribution >= 0.6 is 11.6 Å². The summed E-state index contributed by atoms with van der Waals surface area (Å²) in [6.07, 6.45) is 0. The molecule has 1 aromatic carbocycles. The van der Waals surface area contributed by atoms with Gasteiger partial charge in [-0.05, 0) is 11.6 Å². The van der Waals surface area contributed by atoms with E-state index in [1.165, 1.54) is 0 Å². The molecular formula is C14H22ClNO3. The fourth-order valence-electron chi connectivity index (χ4n) is 1.66. The Balaban J connectivity index is 2.75. The normalized spacial score (nSPS) is 11.5. The van der Waals surface area contributed by atoms with E-state index in [1.54, 1.807) is 14.2 Å². The van der Waals surface area contributed by atoms with Crippen molar-refractivity contribution in [1.29, 1.82) is 0 Å².